The molecule has 0 radical (unpaired) electrons. The SMILES string of the molecule is CCCC1CCCN(c2cc(Cl)nc3ncnn23)CC1. The zero-order valence-corrected chi connectivity index (χ0v) is 12.6. The van der Waals surface area contributed by atoms with Gasteiger partial charge in [-0.05, 0) is 25.2 Å². The maximum atomic E-state index is 6.10. The Hall–Kier alpha value is -1.36. The van der Waals surface area contributed by atoms with Crippen molar-refractivity contribution in [1.29, 1.82) is 0 Å². The Kier molecular flexibility index (Phi) is 4.05. The molecule has 5 nitrogen and oxygen atoms in total. The molecule has 0 N–H and O–H groups in total. The van der Waals surface area contributed by atoms with Gasteiger partial charge < -0.3 is 4.90 Å². The predicted molar refractivity (Wildman–Crippen MR) is 80.3 cm³/mol. The highest BCUT2D eigenvalue weighted by molar-refractivity contribution is 6.29. The minimum Gasteiger partial charge on any atom is -0.356 e. The molecular formula is C14H20ClN5. The van der Waals surface area contributed by atoms with Crippen molar-refractivity contribution in [3.8, 4) is 0 Å². The topological polar surface area (TPSA) is 46.3 Å². The van der Waals surface area contributed by atoms with Gasteiger partial charge in [-0.1, -0.05) is 31.4 Å². The Labute approximate surface area is 124 Å². The van der Waals surface area contributed by atoms with Gasteiger partial charge >= 0.3 is 0 Å². The second-order valence-electron chi connectivity index (χ2n) is 5.48. The lowest BCUT2D eigenvalue weighted by Crippen LogP contribution is -2.26. The van der Waals surface area contributed by atoms with Crippen molar-refractivity contribution >= 4 is 23.2 Å². The summed E-state index contributed by atoms with van der Waals surface area (Å²) in [5.74, 6) is 2.44. The molecule has 0 bridgehead atoms. The maximum absolute atomic E-state index is 6.10. The Morgan fingerprint density at radius 1 is 1.35 bits per heavy atom. The van der Waals surface area contributed by atoms with Gasteiger partial charge in [0.15, 0.2) is 0 Å². The number of rotatable bonds is 3. The summed E-state index contributed by atoms with van der Waals surface area (Å²) in [6, 6.07) is 1.89. The van der Waals surface area contributed by atoms with E-state index in [4.69, 9.17) is 11.6 Å². The number of aromatic nitrogens is 4. The van der Waals surface area contributed by atoms with Crippen LogP contribution in [0.4, 0.5) is 5.82 Å². The molecule has 2 aromatic heterocycles. The molecule has 108 valence electrons. The first-order valence-electron chi connectivity index (χ1n) is 7.39. The molecule has 3 rings (SSSR count). The molecule has 20 heavy (non-hydrogen) atoms. The second-order valence-corrected chi connectivity index (χ2v) is 5.87. The summed E-state index contributed by atoms with van der Waals surface area (Å²) in [7, 11) is 0. The van der Waals surface area contributed by atoms with E-state index in [1.807, 2.05) is 6.07 Å². The van der Waals surface area contributed by atoms with Crippen LogP contribution < -0.4 is 4.90 Å². The number of nitrogens with zero attached hydrogens (tertiary/aromatic N) is 5. The molecule has 0 aromatic carbocycles. The number of fused-ring (bicyclic) bond motifs is 1. The Bertz CT molecular complexity index is 582. The average Bonchev–Trinajstić information content (AvgIpc) is 2.77. The Morgan fingerprint density at radius 2 is 2.25 bits per heavy atom. The smallest absolute Gasteiger partial charge is 0.255 e. The number of hydrogen-bond donors (Lipinski definition) is 0. The monoisotopic (exact) mass is 293 g/mol. The van der Waals surface area contributed by atoms with Crippen molar-refractivity contribution < 1.29 is 0 Å². The standard InChI is InChI=1S/C14H20ClN5/c1-2-4-11-5-3-7-19(8-6-11)13-9-12(15)18-14-16-10-17-20(13)14/h9-11H,2-8H2,1H3. The largest absolute Gasteiger partial charge is 0.356 e. The average molecular weight is 294 g/mol. The van der Waals surface area contributed by atoms with Gasteiger partial charge in [0, 0.05) is 19.2 Å². The van der Waals surface area contributed by atoms with Crippen LogP contribution in [0.5, 0.6) is 0 Å². The Balaban J connectivity index is 1.85. The van der Waals surface area contributed by atoms with Gasteiger partial charge in [-0.3, -0.25) is 0 Å². The van der Waals surface area contributed by atoms with E-state index in [-0.39, 0.29) is 0 Å². The first-order valence-corrected chi connectivity index (χ1v) is 7.77. The van der Waals surface area contributed by atoms with Crippen LogP contribution in [-0.4, -0.2) is 32.7 Å². The summed E-state index contributed by atoms with van der Waals surface area (Å²) < 4.78 is 1.78. The number of hydrogen-bond acceptors (Lipinski definition) is 4. The van der Waals surface area contributed by atoms with Crippen molar-refractivity contribution in [2.24, 2.45) is 5.92 Å². The minimum atomic E-state index is 0.481. The van der Waals surface area contributed by atoms with Crippen LogP contribution >= 0.6 is 11.6 Å². The first kappa shape index (κ1) is 13.6. The summed E-state index contributed by atoms with van der Waals surface area (Å²) in [5.41, 5.74) is 0. The highest BCUT2D eigenvalue weighted by atomic mass is 35.5. The van der Waals surface area contributed by atoms with Crippen LogP contribution in [0.3, 0.4) is 0 Å². The van der Waals surface area contributed by atoms with Crippen LogP contribution in [-0.2, 0) is 0 Å². The van der Waals surface area contributed by atoms with E-state index in [0.29, 0.717) is 10.9 Å². The van der Waals surface area contributed by atoms with Gasteiger partial charge in [-0.2, -0.15) is 19.6 Å². The van der Waals surface area contributed by atoms with Crippen molar-refractivity contribution in [3.63, 3.8) is 0 Å². The van der Waals surface area contributed by atoms with Crippen molar-refractivity contribution in [3.05, 3.63) is 17.5 Å². The van der Waals surface area contributed by atoms with Crippen molar-refractivity contribution in [1.82, 2.24) is 19.6 Å². The maximum Gasteiger partial charge on any atom is 0.255 e. The summed E-state index contributed by atoms with van der Waals surface area (Å²) in [6.07, 6.45) is 7.93. The molecule has 6 heteroatoms. The summed E-state index contributed by atoms with van der Waals surface area (Å²) in [4.78, 5) is 10.7. The molecule has 1 aliphatic heterocycles. The highest BCUT2D eigenvalue weighted by Crippen LogP contribution is 2.26. The van der Waals surface area contributed by atoms with Crippen LogP contribution in [0, 0.1) is 5.92 Å². The normalized spacial score (nSPS) is 20.3. The second kappa shape index (κ2) is 5.95. The van der Waals surface area contributed by atoms with Crippen molar-refractivity contribution in [2.45, 2.75) is 39.0 Å². The Morgan fingerprint density at radius 3 is 3.10 bits per heavy atom. The van der Waals surface area contributed by atoms with E-state index < -0.39 is 0 Å². The molecule has 1 saturated heterocycles. The lowest BCUT2D eigenvalue weighted by Gasteiger charge is -2.23. The summed E-state index contributed by atoms with van der Waals surface area (Å²) in [6.45, 7) is 4.37. The fourth-order valence-electron chi connectivity index (χ4n) is 3.09. The molecule has 1 unspecified atom stereocenters. The van der Waals surface area contributed by atoms with E-state index in [1.165, 1.54) is 38.4 Å². The number of halogens is 1. The van der Waals surface area contributed by atoms with Crippen LogP contribution in [0.1, 0.15) is 39.0 Å². The highest BCUT2D eigenvalue weighted by Gasteiger charge is 2.19. The quantitative estimate of drug-likeness (QED) is 0.816. The predicted octanol–water partition coefficient (Wildman–Crippen LogP) is 3.18. The fraction of sp³-hybridized carbons (Fsp3) is 0.643. The third kappa shape index (κ3) is 2.73. The summed E-state index contributed by atoms with van der Waals surface area (Å²) in [5, 5.41) is 4.75. The molecule has 1 atom stereocenters. The first-order chi connectivity index (χ1) is 9.78. The van der Waals surface area contributed by atoms with E-state index >= 15 is 0 Å². The van der Waals surface area contributed by atoms with Gasteiger partial charge in [-0.25, -0.2) is 0 Å². The van der Waals surface area contributed by atoms with Crippen LogP contribution in [0.25, 0.3) is 5.78 Å². The van der Waals surface area contributed by atoms with E-state index in [0.717, 1.165) is 24.8 Å². The third-order valence-corrected chi connectivity index (χ3v) is 4.26. The van der Waals surface area contributed by atoms with E-state index in [9.17, 15) is 0 Å². The van der Waals surface area contributed by atoms with E-state index in [1.54, 1.807) is 4.52 Å². The number of anilines is 1. The van der Waals surface area contributed by atoms with Crippen molar-refractivity contribution in [2.75, 3.05) is 18.0 Å². The van der Waals surface area contributed by atoms with E-state index in [2.05, 4.69) is 26.9 Å². The van der Waals surface area contributed by atoms with Gasteiger partial charge in [0.1, 0.15) is 17.3 Å². The molecule has 1 fully saturated rings. The van der Waals surface area contributed by atoms with Gasteiger partial charge in [0.05, 0.1) is 0 Å². The zero-order chi connectivity index (χ0) is 13.9. The lowest BCUT2D eigenvalue weighted by molar-refractivity contribution is 0.435. The molecule has 0 saturated carbocycles. The zero-order valence-electron chi connectivity index (χ0n) is 11.8. The molecular weight excluding hydrogens is 274 g/mol. The molecule has 2 aromatic rings. The minimum absolute atomic E-state index is 0.481. The van der Waals surface area contributed by atoms with Crippen LogP contribution in [0.2, 0.25) is 5.15 Å². The third-order valence-electron chi connectivity index (χ3n) is 4.07. The fourth-order valence-corrected chi connectivity index (χ4v) is 3.26. The molecule has 3 heterocycles. The molecule has 0 amide bonds. The van der Waals surface area contributed by atoms with Gasteiger partial charge in [-0.15, -0.1) is 0 Å². The molecule has 0 aliphatic carbocycles. The lowest BCUT2D eigenvalue weighted by atomic mass is 9.96. The van der Waals surface area contributed by atoms with Gasteiger partial charge in [0.2, 0.25) is 0 Å². The molecule has 1 aliphatic rings. The molecule has 0 spiro atoms. The van der Waals surface area contributed by atoms with Crippen LogP contribution in [0.15, 0.2) is 12.4 Å². The summed E-state index contributed by atoms with van der Waals surface area (Å²) >= 11 is 6.10. The van der Waals surface area contributed by atoms with Gasteiger partial charge in [0.25, 0.3) is 5.78 Å².